The molecule has 0 aromatic heterocycles. The molecule has 1 fully saturated rings. The lowest BCUT2D eigenvalue weighted by atomic mass is 9.77. The van der Waals surface area contributed by atoms with Crippen LogP contribution in [0.3, 0.4) is 0 Å². The molecule has 5 nitrogen and oxygen atoms in total. The molecule has 1 atom stereocenters. The van der Waals surface area contributed by atoms with Crippen LogP contribution in [0.5, 0.6) is 0 Å². The Hall–Kier alpha value is -2.01. The Morgan fingerprint density at radius 1 is 1.36 bits per heavy atom. The molecule has 0 radical (unpaired) electrons. The zero-order valence-electron chi connectivity index (χ0n) is 16.8. The Morgan fingerprint density at radius 3 is 2.61 bits per heavy atom. The van der Waals surface area contributed by atoms with Crippen LogP contribution in [0.25, 0.3) is 0 Å². The van der Waals surface area contributed by atoms with E-state index in [0.717, 1.165) is 16.2 Å². The Morgan fingerprint density at radius 2 is 2.04 bits per heavy atom. The van der Waals surface area contributed by atoms with Crippen molar-refractivity contribution in [1.29, 1.82) is 0 Å². The number of nitrogens with zero attached hydrogens (tertiary/aromatic N) is 1. The zero-order chi connectivity index (χ0) is 20.5. The molecule has 28 heavy (non-hydrogen) atoms. The summed E-state index contributed by atoms with van der Waals surface area (Å²) in [6.07, 6.45) is 6.59. The van der Waals surface area contributed by atoms with Crippen LogP contribution in [0.4, 0.5) is 4.79 Å². The highest BCUT2D eigenvalue weighted by Gasteiger charge is 2.40. The van der Waals surface area contributed by atoms with Gasteiger partial charge in [0.1, 0.15) is 0 Å². The summed E-state index contributed by atoms with van der Waals surface area (Å²) in [5.41, 5.74) is 2.50. The first-order valence-corrected chi connectivity index (χ1v) is 10.4. The fourth-order valence-corrected chi connectivity index (χ4v) is 4.80. The number of hydrogen-bond acceptors (Lipinski definition) is 2. The molecule has 1 saturated carbocycles. The van der Waals surface area contributed by atoms with Crippen LogP contribution in [0.1, 0.15) is 69.9 Å². The van der Waals surface area contributed by atoms with Gasteiger partial charge in [-0.1, -0.05) is 50.4 Å². The predicted molar refractivity (Wildman–Crippen MR) is 110 cm³/mol. The second kappa shape index (κ2) is 8.16. The lowest BCUT2D eigenvalue weighted by Gasteiger charge is -2.42. The number of nitrogens with one attached hydrogen (secondary N) is 1. The predicted octanol–water partition coefficient (Wildman–Crippen LogP) is 5.25. The third-order valence-electron chi connectivity index (χ3n) is 6.05. The van der Waals surface area contributed by atoms with Gasteiger partial charge in [0.25, 0.3) is 0 Å². The first-order chi connectivity index (χ1) is 13.2. The number of carbonyl (C=O) groups is 2. The van der Waals surface area contributed by atoms with Gasteiger partial charge in [0.2, 0.25) is 0 Å². The number of amides is 2. The maximum Gasteiger partial charge on any atom is 0.322 e. The van der Waals surface area contributed by atoms with Gasteiger partial charge >= 0.3 is 12.0 Å². The van der Waals surface area contributed by atoms with Gasteiger partial charge in [-0.3, -0.25) is 4.79 Å². The highest BCUT2D eigenvalue weighted by atomic mass is 35.5. The Bertz CT molecular complexity index is 799. The number of carbonyl (C=O) groups excluding carboxylic acids is 1. The largest absolute Gasteiger partial charge is 0.481 e. The summed E-state index contributed by atoms with van der Waals surface area (Å²) in [6, 6.07) is 5.88. The third kappa shape index (κ3) is 4.04. The summed E-state index contributed by atoms with van der Waals surface area (Å²) in [7, 11) is 0. The second-order valence-electron chi connectivity index (χ2n) is 8.35. The van der Waals surface area contributed by atoms with Crippen LogP contribution in [0.2, 0.25) is 5.02 Å². The molecule has 2 amide bonds. The van der Waals surface area contributed by atoms with E-state index >= 15 is 0 Å². The maximum atomic E-state index is 12.7. The second-order valence-corrected chi connectivity index (χ2v) is 8.76. The molecule has 0 saturated heterocycles. The average molecular weight is 405 g/mol. The van der Waals surface area contributed by atoms with Gasteiger partial charge in [-0.15, -0.1) is 0 Å². The van der Waals surface area contributed by atoms with Gasteiger partial charge in [0, 0.05) is 17.8 Å². The van der Waals surface area contributed by atoms with E-state index in [1.807, 2.05) is 19.2 Å². The van der Waals surface area contributed by atoms with Crippen molar-refractivity contribution < 1.29 is 14.7 Å². The van der Waals surface area contributed by atoms with E-state index in [-0.39, 0.29) is 24.9 Å². The van der Waals surface area contributed by atoms with Crippen molar-refractivity contribution in [3.05, 3.63) is 46.1 Å². The van der Waals surface area contributed by atoms with Crippen LogP contribution >= 0.6 is 11.6 Å². The standard InChI is InChI=1S/C22H29ClN2O3/c1-14(2)18-13-25(11-10-20(26)27)21(28)24-22(18,3)16-8-9-17(19(23)12-16)15-6-4-5-7-15/h8-9,12-15H,4-7,10-11H2,1-3H3,(H,24,28)(H,26,27)/t22-/m0/s1. The topological polar surface area (TPSA) is 69.6 Å². The smallest absolute Gasteiger partial charge is 0.322 e. The third-order valence-corrected chi connectivity index (χ3v) is 6.38. The monoisotopic (exact) mass is 404 g/mol. The molecule has 1 aromatic rings. The SMILES string of the molecule is CC(C)C1=CN(CCC(=O)O)C(=O)N[C@@]1(C)c1ccc(C2CCCC2)c(Cl)c1. The van der Waals surface area contributed by atoms with Gasteiger partial charge in [0.15, 0.2) is 0 Å². The van der Waals surface area contributed by atoms with Crippen molar-refractivity contribution in [1.82, 2.24) is 10.2 Å². The molecule has 0 spiro atoms. The molecule has 2 aliphatic rings. The number of urea groups is 1. The van der Waals surface area contributed by atoms with Crippen LogP contribution in [-0.4, -0.2) is 28.6 Å². The van der Waals surface area contributed by atoms with Gasteiger partial charge < -0.3 is 15.3 Å². The fourth-order valence-electron chi connectivity index (χ4n) is 4.47. The normalized spacial score (nSPS) is 23.1. The van der Waals surface area contributed by atoms with Crippen molar-refractivity contribution in [2.24, 2.45) is 5.92 Å². The summed E-state index contributed by atoms with van der Waals surface area (Å²) in [5, 5.41) is 12.8. The number of carboxylic acids is 1. The van der Waals surface area contributed by atoms with E-state index in [1.54, 1.807) is 0 Å². The molecule has 2 N–H and O–H groups in total. The molecule has 6 heteroatoms. The summed E-state index contributed by atoms with van der Waals surface area (Å²) in [4.78, 5) is 25.0. The molecule has 3 rings (SSSR count). The first-order valence-electron chi connectivity index (χ1n) is 10.0. The summed E-state index contributed by atoms with van der Waals surface area (Å²) >= 11 is 6.66. The minimum Gasteiger partial charge on any atom is -0.481 e. The van der Waals surface area contributed by atoms with Crippen molar-refractivity contribution in [2.75, 3.05) is 6.54 Å². The fraction of sp³-hybridized carbons (Fsp3) is 0.545. The molecule has 1 aromatic carbocycles. The number of benzene rings is 1. The maximum absolute atomic E-state index is 12.7. The van der Waals surface area contributed by atoms with Crippen molar-refractivity contribution in [3.63, 3.8) is 0 Å². The van der Waals surface area contributed by atoms with Gasteiger partial charge in [-0.25, -0.2) is 4.79 Å². The van der Waals surface area contributed by atoms with Gasteiger partial charge in [-0.05, 0) is 54.4 Å². The average Bonchev–Trinajstić information content (AvgIpc) is 3.14. The highest BCUT2D eigenvalue weighted by Crippen LogP contribution is 2.42. The molecular formula is C22H29ClN2O3. The van der Waals surface area contributed by atoms with E-state index in [4.69, 9.17) is 16.7 Å². The van der Waals surface area contributed by atoms with E-state index in [0.29, 0.717) is 5.92 Å². The number of carboxylic acid groups (broad SMARTS) is 1. The molecule has 0 unspecified atom stereocenters. The number of halogens is 1. The molecule has 0 bridgehead atoms. The van der Waals surface area contributed by atoms with Crippen LogP contribution < -0.4 is 5.32 Å². The molecule has 152 valence electrons. The van der Waals surface area contributed by atoms with Crippen LogP contribution in [-0.2, 0) is 10.3 Å². The Balaban J connectivity index is 1.94. The van der Waals surface area contributed by atoms with Crippen molar-refractivity contribution in [2.45, 2.75) is 64.3 Å². The lowest BCUT2D eigenvalue weighted by Crippen LogP contribution is -2.55. The molecular weight excluding hydrogens is 376 g/mol. The van der Waals surface area contributed by atoms with Crippen LogP contribution in [0, 0.1) is 5.92 Å². The van der Waals surface area contributed by atoms with Crippen molar-refractivity contribution in [3.8, 4) is 0 Å². The Kier molecular flexibility index (Phi) is 6.04. The van der Waals surface area contributed by atoms with E-state index in [9.17, 15) is 9.59 Å². The zero-order valence-corrected chi connectivity index (χ0v) is 17.6. The molecule has 1 aliphatic carbocycles. The van der Waals surface area contributed by atoms with Gasteiger partial charge in [-0.2, -0.15) is 0 Å². The Labute approximate surface area is 171 Å². The van der Waals surface area contributed by atoms with Gasteiger partial charge in [0.05, 0.1) is 12.0 Å². The minimum atomic E-state index is -0.921. The van der Waals surface area contributed by atoms with Crippen LogP contribution in [0.15, 0.2) is 30.0 Å². The quantitative estimate of drug-likeness (QED) is 0.680. The number of rotatable bonds is 6. The first kappa shape index (κ1) is 20.7. The van der Waals surface area contributed by atoms with E-state index in [2.05, 4.69) is 31.3 Å². The summed E-state index contributed by atoms with van der Waals surface area (Å²) < 4.78 is 0. The highest BCUT2D eigenvalue weighted by molar-refractivity contribution is 6.31. The number of aliphatic carboxylic acids is 1. The lowest BCUT2D eigenvalue weighted by molar-refractivity contribution is -0.137. The van der Waals surface area contributed by atoms with E-state index < -0.39 is 11.5 Å². The number of hydrogen-bond donors (Lipinski definition) is 2. The molecule has 1 heterocycles. The summed E-state index contributed by atoms with van der Waals surface area (Å²) in [5.74, 6) is -0.219. The molecule has 1 aliphatic heterocycles. The minimum absolute atomic E-state index is 0.0894. The summed E-state index contributed by atoms with van der Waals surface area (Å²) in [6.45, 7) is 6.29. The van der Waals surface area contributed by atoms with Crippen molar-refractivity contribution >= 4 is 23.6 Å². The van der Waals surface area contributed by atoms with E-state index in [1.165, 1.54) is 36.1 Å².